The quantitative estimate of drug-likeness (QED) is 0.767. The summed E-state index contributed by atoms with van der Waals surface area (Å²) < 4.78 is 12.9. The van der Waals surface area contributed by atoms with E-state index in [1.807, 2.05) is 0 Å². The van der Waals surface area contributed by atoms with E-state index in [1.165, 1.54) is 12.1 Å². The Morgan fingerprint density at radius 1 is 1.18 bits per heavy atom. The van der Waals surface area contributed by atoms with Gasteiger partial charge in [-0.1, -0.05) is 27.7 Å². The molecule has 0 aliphatic carbocycles. The molecule has 0 fully saturated rings. The van der Waals surface area contributed by atoms with Gasteiger partial charge in [0.15, 0.2) is 0 Å². The molecular weight excluding hydrogens is 215 g/mol. The van der Waals surface area contributed by atoms with E-state index in [4.69, 9.17) is 5.73 Å². The zero-order valence-corrected chi connectivity index (χ0v) is 11.1. The molecule has 0 heterocycles. The van der Waals surface area contributed by atoms with Crippen LogP contribution in [0, 0.1) is 23.6 Å². The van der Waals surface area contributed by atoms with Gasteiger partial charge in [0.2, 0.25) is 0 Å². The second-order valence-corrected chi connectivity index (χ2v) is 5.26. The molecule has 1 rings (SSSR count). The molecule has 0 aliphatic heterocycles. The zero-order chi connectivity index (χ0) is 13.0. The topological polar surface area (TPSA) is 38.0 Å². The Morgan fingerprint density at radius 3 is 2.24 bits per heavy atom. The summed E-state index contributed by atoms with van der Waals surface area (Å²) in [4.78, 5) is 0. The lowest BCUT2D eigenvalue weighted by Gasteiger charge is -2.25. The van der Waals surface area contributed by atoms with E-state index >= 15 is 0 Å². The largest absolute Gasteiger partial charge is 0.397 e. The normalized spacial score (nSPS) is 11.5. The fraction of sp³-hybridized carbons (Fsp3) is 0.571. The van der Waals surface area contributed by atoms with E-state index in [0.717, 1.165) is 12.2 Å². The van der Waals surface area contributed by atoms with Crippen LogP contribution in [-0.4, -0.2) is 6.54 Å². The molecule has 96 valence electrons. The van der Waals surface area contributed by atoms with Crippen LogP contribution in [0.25, 0.3) is 0 Å². The standard InChI is InChI=1S/C14H23FN2/c1-9(2)12(10(3)4)8-17-14-6-5-11(15)7-13(14)16/h5-7,9-10,12,17H,8,16H2,1-4H3. The Bertz CT molecular complexity index is 353. The molecule has 1 aromatic carbocycles. The number of nitrogen functional groups attached to an aromatic ring is 1. The summed E-state index contributed by atoms with van der Waals surface area (Å²) in [5.41, 5.74) is 7.04. The van der Waals surface area contributed by atoms with Gasteiger partial charge in [-0.05, 0) is 36.0 Å². The first-order valence-corrected chi connectivity index (χ1v) is 6.20. The fourth-order valence-corrected chi connectivity index (χ4v) is 2.16. The molecule has 0 saturated heterocycles. The number of halogens is 1. The van der Waals surface area contributed by atoms with E-state index in [1.54, 1.807) is 6.07 Å². The molecule has 0 radical (unpaired) electrons. The van der Waals surface area contributed by atoms with Crippen molar-refractivity contribution in [2.24, 2.45) is 17.8 Å². The summed E-state index contributed by atoms with van der Waals surface area (Å²) in [6.45, 7) is 9.76. The molecule has 0 amide bonds. The third-order valence-corrected chi connectivity index (χ3v) is 3.25. The fourth-order valence-electron chi connectivity index (χ4n) is 2.16. The zero-order valence-electron chi connectivity index (χ0n) is 11.1. The molecule has 0 atom stereocenters. The van der Waals surface area contributed by atoms with Crippen LogP contribution in [0.1, 0.15) is 27.7 Å². The summed E-state index contributed by atoms with van der Waals surface area (Å²) in [5, 5.41) is 3.31. The number of rotatable bonds is 5. The lowest BCUT2D eigenvalue weighted by Crippen LogP contribution is -2.24. The van der Waals surface area contributed by atoms with Crippen LogP contribution in [-0.2, 0) is 0 Å². The molecule has 0 aliphatic rings. The number of anilines is 2. The van der Waals surface area contributed by atoms with E-state index in [2.05, 4.69) is 33.0 Å². The van der Waals surface area contributed by atoms with E-state index in [9.17, 15) is 4.39 Å². The molecular formula is C14H23FN2. The highest BCUT2D eigenvalue weighted by atomic mass is 19.1. The monoisotopic (exact) mass is 238 g/mol. The number of hydrogen-bond acceptors (Lipinski definition) is 2. The lowest BCUT2D eigenvalue weighted by molar-refractivity contribution is 0.304. The van der Waals surface area contributed by atoms with Crippen molar-refractivity contribution in [3.05, 3.63) is 24.0 Å². The maximum Gasteiger partial charge on any atom is 0.125 e. The Balaban J connectivity index is 2.65. The average molecular weight is 238 g/mol. The van der Waals surface area contributed by atoms with Gasteiger partial charge >= 0.3 is 0 Å². The van der Waals surface area contributed by atoms with E-state index < -0.39 is 0 Å². The van der Waals surface area contributed by atoms with Gasteiger partial charge in [0.25, 0.3) is 0 Å². The van der Waals surface area contributed by atoms with Crippen LogP contribution in [0.15, 0.2) is 18.2 Å². The summed E-state index contributed by atoms with van der Waals surface area (Å²) >= 11 is 0. The minimum absolute atomic E-state index is 0.294. The first kappa shape index (κ1) is 13.8. The minimum atomic E-state index is -0.294. The van der Waals surface area contributed by atoms with Gasteiger partial charge in [-0.25, -0.2) is 4.39 Å². The summed E-state index contributed by atoms with van der Waals surface area (Å²) in [5.74, 6) is 1.52. The van der Waals surface area contributed by atoms with Crippen LogP contribution in [0.5, 0.6) is 0 Å². The summed E-state index contributed by atoms with van der Waals surface area (Å²) in [7, 11) is 0. The maximum absolute atomic E-state index is 12.9. The highest BCUT2D eigenvalue weighted by Crippen LogP contribution is 2.24. The van der Waals surface area contributed by atoms with Crippen molar-refractivity contribution in [2.45, 2.75) is 27.7 Å². The molecule has 0 bridgehead atoms. The van der Waals surface area contributed by atoms with Crippen molar-refractivity contribution >= 4 is 11.4 Å². The van der Waals surface area contributed by atoms with Crippen molar-refractivity contribution in [2.75, 3.05) is 17.6 Å². The van der Waals surface area contributed by atoms with Crippen LogP contribution < -0.4 is 11.1 Å². The average Bonchev–Trinajstić information content (AvgIpc) is 2.20. The van der Waals surface area contributed by atoms with Gasteiger partial charge in [-0.2, -0.15) is 0 Å². The van der Waals surface area contributed by atoms with Crippen LogP contribution in [0.4, 0.5) is 15.8 Å². The highest BCUT2D eigenvalue weighted by molar-refractivity contribution is 5.65. The minimum Gasteiger partial charge on any atom is -0.397 e. The Morgan fingerprint density at radius 2 is 1.76 bits per heavy atom. The number of benzene rings is 1. The molecule has 3 heteroatoms. The molecule has 1 aromatic rings. The third kappa shape index (κ3) is 3.91. The Labute approximate surface area is 103 Å². The molecule has 0 aromatic heterocycles. The van der Waals surface area contributed by atoms with Gasteiger partial charge in [0, 0.05) is 6.54 Å². The molecule has 0 saturated carbocycles. The van der Waals surface area contributed by atoms with Gasteiger partial charge in [0.05, 0.1) is 11.4 Å². The van der Waals surface area contributed by atoms with Crippen molar-refractivity contribution in [1.29, 1.82) is 0 Å². The summed E-state index contributed by atoms with van der Waals surface area (Å²) in [6, 6.07) is 4.48. The van der Waals surface area contributed by atoms with Gasteiger partial charge in [-0.15, -0.1) is 0 Å². The second-order valence-electron chi connectivity index (χ2n) is 5.26. The molecule has 3 N–H and O–H groups in total. The van der Waals surface area contributed by atoms with Crippen molar-refractivity contribution in [1.82, 2.24) is 0 Å². The summed E-state index contributed by atoms with van der Waals surface area (Å²) in [6.07, 6.45) is 0. The first-order valence-electron chi connectivity index (χ1n) is 6.20. The SMILES string of the molecule is CC(C)C(CNc1ccc(F)cc1N)C(C)C. The third-order valence-electron chi connectivity index (χ3n) is 3.25. The van der Waals surface area contributed by atoms with E-state index in [0.29, 0.717) is 23.4 Å². The number of hydrogen-bond donors (Lipinski definition) is 2. The van der Waals surface area contributed by atoms with Crippen molar-refractivity contribution < 1.29 is 4.39 Å². The Hall–Kier alpha value is -1.25. The van der Waals surface area contributed by atoms with Crippen molar-refractivity contribution in [3.8, 4) is 0 Å². The number of nitrogens with one attached hydrogen (secondary N) is 1. The van der Waals surface area contributed by atoms with Crippen LogP contribution in [0.2, 0.25) is 0 Å². The Kier molecular flexibility index (Phi) is 4.79. The highest BCUT2D eigenvalue weighted by Gasteiger charge is 2.17. The predicted molar refractivity (Wildman–Crippen MR) is 72.5 cm³/mol. The van der Waals surface area contributed by atoms with Crippen LogP contribution >= 0.6 is 0 Å². The van der Waals surface area contributed by atoms with Gasteiger partial charge in [-0.3, -0.25) is 0 Å². The maximum atomic E-state index is 12.9. The first-order chi connectivity index (χ1) is 7.91. The van der Waals surface area contributed by atoms with Crippen LogP contribution in [0.3, 0.4) is 0 Å². The predicted octanol–water partition coefficient (Wildman–Crippen LogP) is 3.75. The smallest absolute Gasteiger partial charge is 0.125 e. The van der Waals surface area contributed by atoms with Gasteiger partial charge < -0.3 is 11.1 Å². The molecule has 0 spiro atoms. The van der Waals surface area contributed by atoms with Gasteiger partial charge in [0.1, 0.15) is 5.82 Å². The number of nitrogens with two attached hydrogens (primary N) is 1. The van der Waals surface area contributed by atoms with Crippen molar-refractivity contribution in [3.63, 3.8) is 0 Å². The molecule has 0 unspecified atom stereocenters. The second kappa shape index (κ2) is 5.89. The molecule has 17 heavy (non-hydrogen) atoms. The molecule has 2 nitrogen and oxygen atoms in total. The lowest BCUT2D eigenvalue weighted by atomic mass is 9.85. The van der Waals surface area contributed by atoms with E-state index in [-0.39, 0.29) is 5.82 Å².